The molecule has 1 saturated carbocycles. The van der Waals surface area contributed by atoms with Crippen molar-refractivity contribution in [1.82, 2.24) is 24.8 Å². The highest BCUT2D eigenvalue weighted by atomic mass is 19.4. The predicted octanol–water partition coefficient (Wildman–Crippen LogP) is 4.51. The van der Waals surface area contributed by atoms with Crippen LogP contribution >= 0.6 is 0 Å². The lowest BCUT2D eigenvalue weighted by Crippen LogP contribution is -2.60. The number of alkyl halides is 3. The summed E-state index contributed by atoms with van der Waals surface area (Å²) in [5.74, 6) is -0.0742. The minimum atomic E-state index is -4.45. The normalized spacial score (nSPS) is 21.7. The van der Waals surface area contributed by atoms with Crippen LogP contribution in [-0.2, 0) is 6.18 Å². The summed E-state index contributed by atoms with van der Waals surface area (Å²) in [6, 6.07) is 3.70. The van der Waals surface area contributed by atoms with Gasteiger partial charge in [-0.25, -0.2) is 19.3 Å². The Labute approximate surface area is 198 Å². The number of anilines is 1. The highest BCUT2D eigenvalue weighted by Gasteiger charge is 2.44. The van der Waals surface area contributed by atoms with E-state index in [9.17, 15) is 22.4 Å². The van der Waals surface area contributed by atoms with Gasteiger partial charge in [0.1, 0.15) is 11.5 Å². The van der Waals surface area contributed by atoms with E-state index in [4.69, 9.17) is 0 Å². The Balaban J connectivity index is 1.41. The van der Waals surface area contributed by atoms with Gasteiger partial charge in [0.15, 0.2) is 11.6 Å². The summed E-state index contributed by atoms with van der Waals surface area (Å²) in [6.07, 6.45) is 2.48. The molecule has 0 radical (unpaired) electrons. The number of amides is 1. The topological polar surface area (TPSA) is 83.9 Å². The molecule has 7 nitrogen and oxygen atoms in total. The van der Waals surface area contributed by atoms with Gasteiger partial charge >= 0.3 is 6.18 Å². The van der Waals surface area contributed by atoms with Gasteiger partial charge in [-0.15, -0.1) is 0 Å². The Bertz CT molecular complexity index is 1230. The lowest BCUT2D eigenvalue weighted by atomic mass is 9.76. The summed E-state index contributed by atoms with van der Waals surface area (Å²) in [6.45, 7) is 2.37. The Hall–Kier alpha value is -3.63. The van der Waals surface area contributed by atoms with Crippen LogP contribution < -0.4 is 5.32 Å². The lowest BCUT2D eigenvalue weighted by Gasteiger charge is -2.50. The Morgan fingerprint density at radius 3 is 2.49 bits per heavy atom. The zero-order valence-corrected chi connectivity index (χ0v) is 18.8. The molecule has 35 heavy (non-hydrogen) atoms. The molecule has 0 spiro atoms. The molecule has 2 bridgehead atoms. The summed E-state index contributed by atoms with van der Waals surface area (Å²) >= 11 is 0. The first-order chi connectivity index (χ1) is 16.7. The van der Waals surface area contributed by atoms with E-state index in [1.165, 1.54) is 6.07 Å². The molecule has 3 aromatic heterocycles. The van der Waals surface area contributed by atoms with Crippen molar-refractivity contribution < 1.29 is 22.4 Å². The van der Waals surface area contributed by atoms with Gasteiger partial charge in [-0.2, -0.15) is 13.2 Å². The molecule has 3 fully saturated rings. The lowest BCUT2D eigenvalue weighted by molar-refractivity contribution is -0.137. The summed E-state index contributed by atoms with van der Waals surface area (Å²) in [5, 5.41) is 3.23. The van der Waals surface area contributed by atoms with Crippen LogP contribution in [0.2, 0.25) is 0 Å². The molecule has 11 heteroatoms. The number of aryl methyl sites for hydroxylation is 1. The number of nitrogens with zero attached hydrogens (tertiary/aromatic N) is 5. The van der Waals surface area contributed by atoms with Crippen LogP contribution in [0.4, 0.5) is 23.4 Å². The first-order valence-corrected chi connectivity index (χ1v) is 11.2. The minimum absolute atomic E-state index is 0.161. The number of fused-ring (bicyclic) bond motifs is 3. The van der Waals surface area contributed by atoms with E-state index in [-0.39, 0.29) is 35.4 Å². The van der Waals surface area contributed by atoms with Crippen LogP contribution in [0.3, 0.4) is 0 Å². The smallest absolute Gasteiger partial charge is 0.365 e. The third kappa shape index (κ3) is 4.54. The van der Waals surface area contributed by atoms with Crippen molar-refractivity contribution in [3.63, 3.8) is 0 Å². The number of carbonyl (C=O) groups excluding carboxylic acids is 1. The SMILES string of the molecule is Cc1ccnc(C(=O)N2CC3CC[C@H]2[C@H](Nc2ccc(C(F)(F)F)cn2)C3)c1-c1ncc(F)cn1. The Morgan fingerprint density at radius 1 is 1.06 bits per heavy atom. The first kappa shape index (κ1) is 23.1. The highest BCUT2D eigenvalue weighted by molar-refractivity contribution is 5.99. The third-order valence-corrected chi connectivity index (χ3v) is 6.67. The maximum absolute atomic E-state index is 13.7. The van der Waals surface area contributed by atoms with Gasteiger partial charge in [0, 0.05) is 25.0 Å². The van der Waals surface area contributed by atoms with Crippen LogP contribution in [0.5, 0.6) is 0 Å². The predicted molar refractivity (Wildman–Crippen MR) is 119 cm³/mol. The van der Waals surface area contributed by atoms with Crippen molar-refractivity contribution in [1.29, 1.82) is 0 Å². The number of nitrogens with one attached hydrogen (secondary N) is 1. The van der Waals surface area contributed by atoms with Crippen LogP contribution in [0.25, 0.3) is 11.4 Å². The molecule has 1 aliphatic carbocycles. The molecule has 0 aromatic carbocycles. The number of rotatable bonds is 4. The molecule has 5 heterocycles. The summed E-state index contributed by atoms with van der Waals surface area (Å²) < 4.78 is 52.0. The van der Waals surface area contributed by atoms with Crippen LogP contribution in [-0.4, -0.2) is 49.4 Å². The van der Waals surface area contributed by atoms with Crippen molar-refractivity contribution in [2.75, 3.05) is 11.9 Å². The van der Waals surface area contributed by atoms with E-state index in [0.717, 1.165) is 49.5 Å². The first-order valence-electron chi connectivity index (χ1n) is 11.2. The number of hydrogen-bond donors (Lipinski definition) is 1. The molecule has 1 amide bonds. The second-order valence-corrected chi connectivity index (χ2v) is 8.96. The quantitative estimate of drug-likeness (QED) is 0.547. The molecule has 2 saturated heterocycles. The third-order valence-electron chi connectivity index (χ3n) is 6.67. The Kier molecular flexibility index (Phi) is 5.86. The van der Waals surface area contributed by atoms with Crippen molar-refractivity contribution in [3.8, 4) is 11.4 Å². The maximum atomic E-state index is 13.7. The van der Waals surface area contributed by atoms with Gasteiger partial charge < -0.3 is 10.2 Å². The fraction of sp³-hybridized carbons (Fsp3) is 0.375. The molecule has 2 aliphatic heterocycles. The van der Waals surface area contributed by atoms with Crippen molar-refractivity contribution >= 4 is 11.7 Å². The van der Waals surface area contributed by atoms with Gasteiger partial charge in [-0.3, -0.25) is 9.78 Å². The van der Waals surface area contributed by atoms with Gasteiger partial charge in [0.2, 0.25) is 0 Å². The fourth-order valence-electron chi connectivity index (χ4n) is 5.00. The summed E-state index contributed by atoms with van der Waals surface area (Å²) in [7, 11) is 0. The molecule has 1 unspecified atom stereocenters. The van der Waals surface area contributed by atoms with E-state index < -0.39 is 17.6 Å². The van der Waals surface area contributed by atoms with Crippen LogP contribution in [0.1, 0.15) is 40.9 Å². The summed E-state index contributed by atoms with van der Waals surface area (Å²) in [5.41, 5.74) is 0.565. The van der Waals surface area contributed by atoms with Crippen molar-refractivity contribution in [3.05, 3.63) is 65.6 Å². The van der Waals surface area contributed by atoms with E-state index in [1.807, 2.05) is 6.92 Å². The number of halogens is 4. The molecule has 3 aliphatic rings. The average molecular weight is 486 g/mol. The fourth-order valence-corrected chi connectivity index (χ4v) is 5.00. The molecule has 1 N–H and O–H groups in total. The monoisotopic (exact) mass is 486 g/mol. The molecular formula is C24H22F4N6O. The number of pyridine rings is 2. The van der Waals surface area contributed by atoms with Gasteiger partial charge in [-0.05, 0) is 55.9 Å². The number of aromatic nitrogens is 4. The van der Waals surface area contributed by atoms with Gasteiger partial charge in [0.25, 0.3) is 5.91 Å². The molecule has 3 aromatic rings. The average Bonchev–Trinajstić information content (AvgIpc) is 2.84. The molecule has 3 atom stereocenters. The zero-order valence-electron chi connectivity index (χ0n) is 18.8. The van der Waals surface area contributed by atoms with Gasteiger partial charge in [0.05, 0.1) is 29.6 Å². The van der Waals surface area contributed by atoms with Crippen LogP contribution in [0, 0.1) is 18.7 Å². The van der Waals surface area contributed by atoms with E-state index >= 15 is 0 Å². The molecule has 6 rings (SSSR count). The summed E-state index contributed by atoms with van der Waals surface area (Å²) in [4.78, 5) is 31.8. The van der Waals surface area contributed by atoms with E-state index in [1.54, 1.807) is 17.2 Å². The van der Waals surface area contributed by atoms with Crippen molar-refractivity contribution in [2.45, 2.75) is 44.4 Å². The Morgan fingerprint density at radius 2 is 1.83 bits per heavy atom. The van der Waals surface area contributed by atoms with Crippen LogP contribution in [0.15, 0.2) is 43.0 Å². The molecule has 182 valence electrons. The largest absolute Gasteiger partial charge is 0.417 e. The molecular weight excluding hydrogens is 464 g/mol. The van der Waals surface area contributed by atoms with E-state index in [2.05, 4.69) is 25.3 Å². The number of carbonyl (C=O) groups is 1. The zero-order chi connectivity index (χ0) is 24.7. The van der Waals surface area contributed by atoms with Crippen molar-refractivity contribution in [2.24, 2.45) is 5.92 Å². The highest BCUT2D eigenvalue weighted by Crippen LogP contribution is 2.38. The second kappa shape index (κ2) is 8.86. The second-order valence-electron chi connectivity index (χ2n) is 8.96. The van der Waals surface area contributed by atoms with Gasteiger partial charge in [-0.1, -0.05) is 0 Å². The number of hydrogen-bond acceptors (Lipinski definition) is 6. The van der Waals surface area contributed by atoms with E-state index in [0.29, 0.717) is 17.9 Å². The maximum Gasteiger partial charge on any atom is 0.417 e. The number of piperidine rings is 2. The standard InChI is InChI=1S/C24H22F4N6O/c1-13-6-7-29-21(20(13)22-31-10-16(25)11-32-22)23(35)34-12-14-2-4-18(34)17(8-14)33-19-5-3-15(9-30-19)24(26,27)28/h3,5-7,9-11,14,17-18H,2,4,8,12H2,1H3,(H,30,33)/t14?,17-,18+/m1/s1. The minimum Gasteiger partial charge on any atom is -0.365 e.